The number of hydrogen-bond donors (Lipinski definition) is 1. The van der Waals surface area contributed by atoms with Crippen molar-refractivity contribution in [2.24, 2.45) is 0 Å². The van der Waals surface area contributed by atoms with Crippen LogP contribution in [0.15, 0.2) is 42.6 Å². The molecule has 1 heterocycles. The Bertz CT molecular complexity index is 534. The topological polar surface area (TPSA) is 24.9 Å². The summed E-state index contributed by atoms with van der Waals surface area (Å²) < 4.78 is 0. The molecule has 21 heavy (non-hydrogen) atoms. The second-order valence-electron chi connectivity index (χ2n) is 5.28. The van der Waals surface area contributed by atoms with E-state index < -0.39 is 0 Å². The fourth-order valence-electron chi connectivity index (χ4n) is 2.34. The molecule has 0 aliphatic carbocycles. The average Bonchev–Trinajstić information content (AvgIpc) is 2.53. The van der Waals surface area contributed by atoms with E-state index in [1.54, 1.807) is 6.20 Å². The number of aromatic nitrogens is 1. The van der Waals surface area contributed by atoms with Gasteiger partial charge in [-0.05, 0) is 49.1 Å². The van der Waals surface area contributed by atoms with Gasteiger partial charge in [-0.1, -0.05) is 49.7 Å². The highest BCUT2D eigenvalue weighted by atomic mass is 35.5. The molecule has 2 rings (SSSR count). The lowest BCUT2D eigenvalue weighted by atomic mass is 10.0. The molecule has 0 amide bonds. The van der Waals surface area contributed by atoms with Crippen LogP contribution in [0.25, 0.3) is 0 Å². The van der Waals surface area contributed by atoms with E-state index in [2.05, 4.69) is 48.4 Å². The molecule has 1 unspecified atom stereocenters. The van der Waals surface area contributed by atoms with Gasteiger partial charge >= 0.3 is 0 Å². The summed E-state index contributed by atoms with van der Waals surface area (Å²) in [5.41, 5.74) is 3.76. The normalized spacial score (nSPS) is 12.3. The lowest BCUT2D eigenvalue weighted by Gasteiger charge is -2.18. The SMILES string of the molecule is CCCNC(Cc1ccc(CC)cc1)c1ccc(Cl)cn1. The van der Waals surface area contributed by atoms with E-state index in [9.17, 15) is 0 Å². The fourth-order valence-corrected chi connectivity index (χ4v) is 2.45. The van der Waals surface area contributed by atoms with Crippen molar-refractivity contribution in [1.29, 1.82) is 0 Å². The van der Waals surface area contributed by atoms with Crippen molar-refractivity contribution in [2.45, 2.75) is 39.2 Å². The van der Waals surface area contributed by atoms with Gasteiger partial charge in [0.05, 0.1) is 16.8 Å². The molecule has 0 aliphatic heterocycles. The van der Waals surface area contributed by atoms with E-state index in [1.165, 1.54) is 11.1 Å². The van der Waals surface area contributed by atoms with Crippen molar-refractivity contribution >= 4 is 11.6 Å². The van der Waals surface area contributed by atoms with Crippen molar-refractivity contribution in [1.82, 2.24) is 10.3 Å². The highest BCUT2D eigenvalue weighted by Gasteiger charge is 2.13. The van der Waals surface area contributed by atoms with Gasteiger partial charge in [0.1, 0.15) is 0 Å². The number of pyridine rings is 1. The molecule has 2 nitrogen and oxygen atoms in total. The molecule has 0 bridgehead atoms. The molecule has 3 heteroatoms. The van der Waals surface area contributed by atoms with Crippen LogP contribution in [-0.4, -0.2) is 11.5 Å². The Hall–Kier alpha value is -1.38. The zero-order valence-electron chi connectivity index (χ0n) is 12.8. The molecule has 0 saturated heterocycles. The predicted molar refractivity (Wildman–Crippen MR) is 89.8 cm³/mol. The lowest BCUT2D eigenvalue weighted by molar-refractivity contribution is 0.518. The second kappa shape index (κ2) is 8.16. The third kappa shape index (κ3) is 4.83. The van der Waals surface area contributed by atoms with Crippen LogP contribution in [0.5, 0.6) is 0 Å². The minimum absolute atomic E-state index is 0.231. The highest BCUT2D eigenvalue weighted by Crippen LogP contribution is 2.19. The molecular weight excluding hydrogens is 280 g/mol. The summed E-state index contributed by atoms with van der Waals surface area (Å²) in [5.74, 6) is 0. The van der Waals surface area contributed by atoms with Gasteiger partial charge in [0, 0.05) is 6.20 Å². The standard InChI is InChI=1S/C18H23ClN2/c1-3-11-20-18(17-10-9-16(19)13-21-17)12-15-7-5-14(4-2)6-8-15/h5-10,13,18,20H,3-4,11-12H2,1-2H3. The van der Waals surface area contributed by atoms with Crippen molar-refractivity contribution in [3.05, 3.63) is 64.4 Å². The Morgan fingerprint density at radius 1 is 1.05 bits per heavy atom. The quantitative estimate of drug-likeness (QED) is 0.809. The van der Waals surface area contributed by atoms with Crippen LogP contribution in [0.4, 0.5) is 0 Å². The third-order valence-electron chi connectivity index (χ3n) is 3.62. The molecule has 0 spiro atoms. The predicted octanol–water partition coefficient (Wildman–Crippen LogP) is 4.58. The maximum Gasteiger partial charge on any atom is 0.0589 e. The van der Waals surface area contributed by atoms with E-state index in [1.807, 2.05) is 12.1 Å². The van der Waals surface area contributed by atoms with Crippen molar-refractivity contribution < 1.29 is 0 Å². The molecule has 1 aromatic carbocycles. The molecule has 0 fully saturated rings. The number of rotatable bonds is 7. The molecule has 0 saturated carbocycles. The molecule has 1 aromatic heterocycles. The van der Waals surface area contributed by atoms with Crippen LogP contribution in [0.3, 0.4) is 0 Å². The Morgan fingerprint density at radius 3 is 2.33 bits per heavy atom. The molecular formula is C18H23ClN2. The van der Waals surface area contributed by atoms with E-state index in [0.29, 0.717) is 5.02 Å². The largest absolute Gasteiger partial charge is 0.308 e. The fraction of sp³-hybridized carbons (Fsp3) is 0.389. The van der Waals surface area contributed by atoms with Gasteiger partial charge in [0.15, 0.2) is 0 Å². The van der Waals surface area contributed by atoms with Crippen LogP contribution in [-0.2, 0) is 12.8 Å². The van der Waals surface area contributed by atoms with Gasteiger partial charge in [-0.2, -0.15) is 0 Å². The summed E-state index contributed by atoms with van der Waals surface area (Å²) in [6.07, 6.45) is 4.85. The average molecular weight is 303 g/mol. The lowest BCUT2D eigenvalue weighted by Crippen LogP contribution is -2.25. The van der Waals surface area contributed by atoms with Gasteiger partial charge in [-0.3, -0.25) is 4.98 Å². The van der Waals surface area contributed by atoms with Crippen LogP contribution in [0.1, 0.15) is 43.1 Å². The number of halogens is 1. The van der Waals surface area contributed by atoms with Crippen LogP contribution < -0.4 is 5.32 Å². The Kier molecular flexibility index (Phi) is 6.21. The van der Waals surface area contributed by atoms with Gasteiger partial charge in [0.2, 0.25) is 0 Å². The van der Waals surface area contributed by atoms with E-state index in [4.69, 9.17) is 11.6 Å². The first-order chi connectivity index (χ1) is 10.2. The van der Waals surface area contributed by atoms with E-state index in [-0.39, 0.29) is 6.04 Å². The zero-order chi connectivity index (χ0) is 15.1. The van der Waals surface area contributed by atoms with Gasteiger partial charge < -0.3 is 5.32 Å². The number of nitrogens with one attached hydrogen (secondary N) is 1. The molecule has 0 aliphatic rings. The first-order valence-electron chi connectivity index (χ1n) is 7.65. The summed E-state index contributed by atoms with van der Waals surface area (Å²) >= 11 is 5.93. The van der Waals surface area contributed by atoms with E-state index in [0.717, 1.165) is 31.5 Å². The smallest absolute Gasteiger partial charge is 0.0589 e. The maximum atomic E-state index is 5.93. The third-order valence-corrected chi connectivity index (χ3v) is 3.84. The first kappa shape index (κ1) is 16.0. The summed E-state index contributed by atoms with van der Waals surface area (Å²) in [5, 5.41) is 4.26. The van der Waals surface area contributed by atoms with Crippen molar-refractivity contribution in [3.8, 4) is 0 Å². The van der Waals surface area contributed by atoms with Gasteiger partial charge in [0.25, 0.3) is 0 Å². The van der Waals surface area contributed by atoms with Crippen LogP contribution >= 0.6 is 11.6 Å². The first-order valence-corrected chi connectivity index (χ1v) is 8.03. The second-order valence-corrected chi connectivity index (χ2v) is 5.72. The van der Waals surface area contributed by atoms with E-state index >= 15 is 0 Å². The molecule has 1 N–H and O–H groups in total. The summed E-state index contributed by atoms with van der Waals surface area (Å²) in [6, 6.07) is 13.0. The van der Waals surface area contributed by atoms with Crippen molar-refractivity contribution in [2.75, 3.05) is 6.54 Å². The van der Waals surface area contributed by atoms with Crippen molar-refractivity contribution in [3.63, 3.8) is 0 Å². The minimum atomic E-state index is 0.231. The monoisotopic (exact) mass is 302 g/mol. The minimum Gasteiger partial charge on any atom is -0.308 e. The number of benzene rings is 1. The number of hydrogen-bond acceptors (Lipinski definition) is 2. The summed E-state index contributed by atoms with van der Waals surface area (Å²) in [7, 11) is 0. The summed E-state index contributed by atoms with van der Waals surface area (Å²) in [6.45, 7) is 5.34. The molecule has 1 atom stereocenters. The van der Waals surface area contributed by atoms with Gasteiger partial charge in [-0.25, -0.2) is 0 Å². The highest BCUT2D eigenvalue weighted by molar-refractivity contribution is 6.30. The Labute approximate surface area is 132 Å². The number of nitrogens with zero attached hydrogens (tertiary/aromatic N) is 1. The Morgan fingerprint density at radius 2 is 1.76 bits per heavy atom. The Balaban J connectivity index is 2.13. The summed E-state index contributed by atoms with van der Waals surface area (Å²) in [4.78, 5) is 4.47. The van der Waals surface area contributed by atoms with Crippen LogP contribution in [0, 0.1) is 0 Å². The maximum absolute atomic E-state index is 5.93. The molecule has 112 valence electrons. The van der Waals surface area contributed by atoms with Gasteiger partial charge in [-0.15, -0.1) is 0 Å². The molecule has 0 radical (unpaired) electrons. The van der Waals surface area contributed by atoms with Crippen LogP contribution in [0.2, 0.25) is 5.02 Å². The number of aryl methyl sites for hydroxylation is 1. The zero-order valence-corrected chi connectivity index (χ0v) is 13.5. The molecule has 2 aromatic rings.